The van der Waals surface area contributed by atoms with Gasteiger partial charge in [0.2, 0.25) is 10.0 Å². The second-order valence-electron chi connectivity index (χ2n) is 4.73. The highest BCUT2D eigenvalue weighted by Crippen LogP contribution is 2.37. The molecule has 0 radical (unpaired) electrons. The molecule has 106 valence electrons. The van der Waals surface area contributed by atoms with Crippen molar-refractivity contribution in [3.8, 4) is 0 Å². The summed E-state index contributed by atoms with van der Waals surface area (Å²) in [5.41, 5.74) is 0.854. The molecule has 1 atom stereocenters. The minimum Gasteiger partial charge on any atom is -0.205 e. The second kappa shape index (κ2) is 4.98. The van der Waals surface area contributed by atoms with Crippen LogP contribution >= 0.6 is 22.7 Å². The maximum Gasteiger partial charge on any atom is 0.247 e. The average Bonchev–Trinajstić information content (AvgIpc) is 3.06. The summed E-state index contributed by atoms with van der Waals surface area (Å²) in [5.74, 6) is 0. The first kappa shape index (κ1) is 13.8. The molecule has 0 aliphatic carbocycles. The lowest BCUT2D eigenvalue weighted by atomic mass is 10.1. The Morgan fingerprint density at radius 3 is 2.70 bits per heavy atom. The first-order valence-electron chi connectivity index (χ1n) is 6.12. The van der Waals surface area contributed by atoms with Gasteiger partial charge in [0, 0.05) is 16.2 Å². The summed E-state index contributed by atoms with van der Waals surface area (Å²) in [5, 5.41) is 6.32. The van der Waals surface area contributed by atoms with E-state index in [1.165, 1.54) is 15.5 Å². The van der Waals surface area contributed by atoms with Gasteiger partial charge < -0.3 is 0 Å². The SMILES string of the molecule is Cc1ccc(C2=NN(S(C)(=O)=O)[C@H](c3cccs3)C2)s1. The molecule has 0 bridgehead atoms. The molecule has 3 rings (SSSR count). The van der Waals surface area contributed by atoms with E-state index < -0.39 is 10.0 Å². The van der Waals surface area contributed by atoms with Crippen LogP contribution in [0.1, 0.15) is 27.1 Å². The van der Waals surface area contributed by atoms with Gasteiger partial charge in [-0.25, -0.2) is 8.42 Å². The molecule has 0 saturated heterocycles. The molecule has 1 aliphatic heterocycles. The van der Waals surface area contributed by atoms with E-state index in [1.54, 1.807) is 22.7 Å². The van der Waals surface area contributed by atoms with E-state index in [0.717, 1.165) is 15.5 Å². The van der Waals surface area contributed by atoms with Gasteiger partial charge in [0.15, 0.2) is 0 Å². The van der Waals surface area contributed by atoms with Crippen LogP contribution in [0.2, 0.25) is 0 Å². The van der Waals surface area contributed by atoms with E-state index in [0.29, 0.717) is 6.42 Å². The lowest BCUT2D eigenvalue weighted by molar-refractivity contribution is 0.379. The van der Waals surface area contributed by atoms with Crippen molar-refractivity contribution in [3.05, 3.63) is 44.3 Å². The topological polar surface area (TPSA) is 49.7 Å². The minimum absolute atomic E-state index is 0.206. The zero-order valence-electron chi connectivity index (χ0n) is 11.1. The number of aryl methyl sites for hydroxylation is 1. The summed E-state index contributed by atoms with van der Waals surface area (Å²) < 4.78 is 25.1. The van der Waals surface area contributed by atoms with Crippen LogP contribution in [-0.2, 0) is 10.0 Å². The quantitative estimate of drug-likeness (QED) is 0.869. The molecular formula is C13H14N2O2S3. The predicted molar refractivity (Wildman–Crippen MR) is 84.0 cm³/mol. The highest BCUT2D eigenvalue weighted by Gasteiger charge is 2.35. The van der Waals surface area contributed by atoms with Crippen molar-refractivity contribution in [2.24, 2.45) is 5.10 Å². The van der Waals surface area contributed by atoms with Crippen LogP contribution in [0.25, 0.3) is 0 Å². The smallest absolute Gasteiger partial charge is 0.205 e. The molecule has 7 heteroatoms. The third-order valence-corrected chi connectivity index (χ3v) is 6.15. The Morgan fingerprint density at radius 1 is 1.35 bits per heavy atom. The molecule has 3 heterocycles. The number of rotatable bonds is 3. The Kier molecular flexibility index (Phi) is 3.43. The fraction of sp³-hybridized carbons (Fsp3) is 0.308. The van der Waals surface area contributed by atoms with Gasteiger partial charge in [0.05, 0.1) is 16.8 Å². The van der Waals surface area contributed by atoms with Crippen molar-refractivity contribution in [2.75, 3.05) is 6.26 Å². The molecular weight excluding hydrogens is 312 g/mol. The lowest BCUT2D eigenvalue weighted by Crippen LogP contribution is -2.25. The van der Waals surface area contributed by atoms with Gasteiger partial charge in [-0.15, -0.1) is 22.7 Å². The molecule has 0 amide bonds. The lowest BCUT2D eigenvalue weighted by Gasteiger charge is -2.19. The van der Waals surface area contributed by atoms with Crippen LogP contribution < -0.4 is 0 Å². The molecule has 0 spiro atoms. The van der Waals surface area contributed by atoms with Gasteiger partial charge in [-0.1, -0.05) is 6.07 Å². The van der Waals surface area contributed by atoms with E-state index in [2.05, 4.69) is 5.10 Å². The summed E-state index contributed by atoms with van der Waals surface area (Å²) >= 11 is 3.21. The Labute approximate surface area is 126 Å². The first-order valence-corrected chi connectivity index (χ1v) is 9.66. The molecule has 2 aromatic heterocycles. The van der Waals surface area contributed by atoms with Gasteiger partial charge in [0.25, 0.3) is 0 Å². The highest BCUT2D eigenvalue weighted by molar-refractivity contribution is 7.88. The van der Waals surface area contributed by atoms with Crippen LogP contribution in [0, 0.1) is 6.92 Å². The molecule has 0 fully saturated rings. The Bertz CT molecular complexity index is 744. The van der Waals surface area contributed by atoms with E-state index in [9.17, 15) is 8.42 Å². The Hall–Kier alpha value is -1.18. The van der Waals surface area contributed by atoms with Gasteiger partial charge in [-0.3, -0.25) is 0 Å². The van der Waals surface area contributed by atoms with Gasteiger partial charge in [-0.05, 0) is 30.5 Å². The normalized spacial score (nSPS) is 19.4. The van der Waals surface area contributed by atoms with Crippen LogP contribution in [0.4, 0.5) is 0 Å². The summed E-state index contributed by atoms with van der Waals surface area (Å²) in [6, 6.07) is 7.74. The van der Waals surface area contributed by atoms with Gasteiger partial charge >= 0.3 is 0 Å². The first-order chi connectivity index (χ1) is 9.45. The number of thiophene rings is 2. The third-order valence-electron chi connectivity index (χ3n) is 3.11. The van der Waals surface area contributed by atoms with Crippen molar-refractivity contribution in [1.29, 1.82) is 0 Å². The Morgan fingerprint density at radius 2 is 2.15 bits per heavy atom. The number of nitrogens with zero attached hydrogens (tertiary/aromatic N) is 2. The zero-order valence-corrected chi connectivity index (χ0v) is 13.6. The molecule has 1 aliphatic rings. The molecule has 0 saturated carbocycles. The molecule has 2 aromatic rings. The van der Waals surface area contributed by atoms with E-state index in [1.807, 2.05) is 36.6 Å². The van der Waals surface area contributed by atoms with Gasteiger partial charge in [-0.2, -0.15) is 9.52 Å². The second-order valence-corrected chi connectivity index (χ2v) is 8.84. The number of hydrogen-bond donors (Lipinski definition) is 0. The Balaban J connectivity index is 2.00. The largest absolute Gasteiger partial charge is 0.247 e. The third kappa shape index (κ3) is 2.53. The maximum absolute atomic E-state index is 11.9. The summed E-state index contributed by atoms with van der Waals surface area (Å²) in [6.07, 6.45) is 1.84. The van der Waals surface area contributed by atoms with Crippen molar-refractivity contribution >= 4 is 38.4 Å². The fourth-order valence-electron chi connectivity index (χ4n) is 2.23. The molecule has 0 N–H and O–H groups in total. The molecule has 0 unspecified atom stereocenters. The van der Waals surface area contributed by atoms with Crippen LogP contribution in [-0.4, -0.2) is 24.8 Å². The average molecular weight is 326 g/mol. The summed E-state index contributed by atoms with van der Waals surface area (Å²) in [6.45, 7) is 2.04. The van der Waals surface area contributed by atoms with Gasteiger partial charge in [0.1, 0.15) is 6.04 Å². The zero-order chi connectivity index (χ0) is 14.3. The highest BCUT2D eigenvalue weighted by atomic mass is 32.2. The van der Waals surface area contributed by atoms with Crippen LogP contribution in [0.5, 0.6) is 0 Å². The van der Waals surface area contributed by atoms with E-state index >= 15 is 0 Å². The minimum atomic E-state index is -3.35. The van der Waals surface area contributed by atoms with E-state index in [4.69, 9.17) is 0 Å². The summed E-state index contributed by atoms with van der Waals surface area (Å²) in [7, 11) is -3.35. The van der Waals surface area contributed by atoms with Crippen LogP contribution in [0.3, 0.4) is 0 Å². The number of sulfonamides is 1. The molecule has 20 heavy (non-hydrogen) atoms. The van der Waals surface area contributed by atoms with Crippen molar-refractivity contribution in [3.63, 3.8) is 0 Å². The molecule has 0 aromatic carbocycles. The summed E-state index contributed by atoms with van der Waals surface area (Å²) in [4.78, 5) is 3.28. The molecule has 4 nitrogen and oxygen atoms in total. The number of hydrazone groups is 1. The predicted octanol–water partition coefficient (Wildman–Crippen LogP) is 3.23. The fourth-order valence-corrected chi connectivity index (χ4v) is 4.86. The standard InChI is InChI=1S/C13H14N2O2S3/c1-9-5-6-12(19-9)10-8-11(13-4-3-7-18-13)15(14-10)20(2,16)17/h3-7,11H,8H2,1-2H3/t11-/m0/s1. The van der Waals surface area contributed by atoms with E-state index in [-0.39, 0.29) is 6.04 Å². The van der Waals surface area contributed by atoms with Crippen LogP contribution in [0.15, 0.2) is 34.7 Å². The number of hydrogen-bond acceptors (Lipinski definition) is 5. The monoisotopic (exact) mass is 326 g/mol. The van der Waals surface area contributed by atoms with Crippen molar-refractivity contribution in [1.82, 2.24) is 4.41 Å². The maximum atomic E-state index is 11.9. The van der Waals surface area contributed by atoms with Crippen molar-refractivity contribution in [2.45, 2.75) is 19.4 Å². The van der Waals surface area contributed by atoms with Crippen molar-refractivity contribution < 1.29 is 8.42 Å².